The SMILES string of the molecule is C=C(/N=C(\C=C/C)C(C)C=NC)SC(CCC)CCCc1cccc(CCC2=NC(CC)NO2)c1.CC.CC.CCN. The summed E-state index contributed by atoms with van der Waals surface area (Å²) in [6.45, 7) is 23.4. The minimum atomic E-state index is 0.107. The van der Waals surface area contributed by atoms with Crippen molar-refractivity contribution in [1.29, 1.82) is 0 Å². The number of benzene rings is 1. The van der Waals surface area contributed by atoms with E-state index in [4.69, 9.17) is 15.6 Å². The van der Waals surface area contributed by atoms with Crippen molar-refractivity contribution < 1.29 is 4.84 Å². The van der Waals surface area contributed by atoms with Crippen LogP contribution in [-0.4, -0.2) is 42.8 Å². The first kappa shape index (κ1) is 41.9. The summed E-state index contributed by atoms with van der Waals surface area (Å²) in [6, 6.07) is 8.96. The molecule has 0 fully saturated rings. The van der Waals surface area contributed by atoms with Gasteiger partial charge in [-0.2, -0.15) is 0 Å². The van der Waals surface area contributed by atoms with Crippen molar-refractivity contribution in [3.8, 4) is 0 Å². The van der Waals surface area contributed by atoms with Gasteiger partial charge in [-0.25, -0.2) is 9.98 Å². The van der Waals surface area contributed by atoms with Gasteiger partial charge in [0.15, 0.2) is 0 Å². The van der Waals surface area contributed by atoms with Gasteiger partial charge < -0.3 is 15.6 Å². The van der Waals surface area contributed by atoms with E-state index in [1.165, 1.54) is 24.0 Å². The molecule has 3 unspecified atom stereocenters. The maximum absolute atomic E-state index is 5.49. The lowest BCUT2D eigenvalue weighted by Gasteiger charge is -2.16. The predicted molar refractivity (Wildman–Crippen MR) is 192 cm³/mol. The second-order valence-electron chi connectivity index (χ2n) is 9.44. The lowest BCUT2D eigenvalue weighted by atomic mass is 10.0. The Morgan fingerprint density at radius 2 is 1.76 bits per heavy atom. The third kappa shape index (κ3) is 19.8. The Hall–Kier alpha value is -2.22. The van der Waals surface area contributed by atoms with Crippen molar-refractivity contribution in [2.75, 3.05) is 13.6 Å². The molecule has 7 heteroatoms. The van der Waals surface area contributed by atoms with Crippen molar-refractivity contribution in [2.24, 2.45) is 26.6 Å². The Kier molecular flexibility index (Phi) is 28.8. The average molecular weight is 602 g/mol. The van der Waals surface area contributed by atoms with Crippen LogP contribution in [0.5, 0.6) is 0 Å². The van der Waals surface area contributed by atoms with Crippen LogP contribution in [-0.2, 0) is 17.7 Å². The molecular weight excluding hydrogens is 538 g/mol. The molecule has 0 amide bonds. The molecule has 3 N–H and O–H groups in total. The van der Waals surface area contributed by atoms with Crippen LogP contribution in [0, 0.1) is 5.92 Å². The molecule has 0 spiro atoms. The van der Waals surface area contributed by atoms with Gasteiger partial charge >= 0.3 is 0 Å². The minimum Gasteiger partial charge on any atom is -0.391 e. The first-order chi connectivity index (χ1) is 20.4. The highest BCUT2D eigenvalue weighted by Crippen LogP contribution is 2.29. The molecule has 1 aliphatic rings. The van der Waals surface area contributed by atoms with Gasteiger partial charge in [-0.1, -0.05) is 98.7 Å². The van der Waals surface area contributed by atoms with E-state index < -0.39 is 0 Å². The summed E-state index contributed by atoms with van der Waals surface area (Å²) in [6.07, 6.45) is 14.6. The predicted octanol–water partition coefficient (Wildman–Crippen LogP) is 9.36. The summed E-state index contributed by atoms with van der Waals surface area (Å²) < 4.78 is 0. The van der Waals surface area contributed by atoms with Gasteiger partial charge in [-0.05, 0) is 69.2 Å². The summed E-state index contributed by atoms with van der Waals surface area (Å²) in [4.78, 5) is 19.0. The Balaban J connectivity index is 0. The summed E-state index contributed by atoms with van der Waals surface area (Å²) in [7, 11) is 1.80. The zero-order valence-electron chi connectivity index (χ0n) is 28.6. The molecule has 6 nitrogen and oxygen atoms in total. The van der Waals surface area contributed by atoms with Gasteiger partial charge in [0.1, 0.15) is 6.17 Å². The summed E-state index contributed by atoms with van der Waals surface area (Å²) in [5.41, 5.74) is 11.6. The van der Waals surface area contributed by atoms with Crippen LogP contribution in [0.25, 0.3) is 0 Å². The summed E-state index contributed by atoms with van der Waals surface area (Å²) >= 11 is 1.83. The van der Waals surface area contributed by atoms with Gasteiger partial charge in [0, 0.05) is 36.6 Å². The molecule has 1 heterocycles. The topological polar surface area (TPSA) is 84.4 Å². The highest BCUT2D eigenvalue weighted by molar-refractivity contribution is 8.03. The Morgan fingerprint density at radius 3 is 2.31 bits per heavy atom. The number of hydroxylamine groups is 1. The van der Waals surface area contributed by atoms with E-state index in [0.29, 0.717) is 5.25 Å². The average Bonchev–Trinajstić information content (AvgIpc) is 3.47. The van der Waals surface area contributed by atoms with Crippen LogP contribution in [0.4, 0.5) is 0 Å². The van der Waals surface area contributed by atoms with Crippen molar-refractivity contribution in [3.05, 3.63) is 59.2 Å². The van der Waals surface area contributed by atoms with Gasteiger partial charge in [0.25, 0.3) is 0 Å². The van der Waals surface area contributed by atoms with Crippen LogP contribution in [0.3, 0.4) is 0 Å². The molecule has 1 aromatic carbocycles. The van der Waals surface area contributed by atoms with Crippen LogP contribution in [0.2, 0.25) is 0 Å². The molecule has 0 aromatic heterocycles. The number of hydrogen-bond acceptors (Lipinski definition) is 7. The summed E-state index contributed by atoms with van der Waals surface area (Å²) in [5, 5.41) is 1.43. The molecule has 0 bridgehead atoms. The monoisotopic (exact) mass is 601 g/mol. The molecule has 2 rings (SSSR count). The fraction of sp³-hybridized carbons (Fsp3) is 0.629. The van der Waals surface area contributed by atoms with E-state index in [-0.39, 0.29) is 12.1 Å². The highest BCUT2D eigenvalue weighted by Gasteiger charge is 2.16. The number of allylic oxidation sites excluding steroid dienone is 2. The van der Waals surface area contributed by atoms with Crippen LogP contribution >= 0.6 is 11.8 Å². The molecule has 0 aliphatic carbocycles. The lowest BCUT2D eigenvalue weighted by Crippen LogP contribution is -2.20. The Morgan fingerprint density at radius 1 is 1.12 bits per heavy atom. The number of aliphatic imine (C=N–C) groups is 3. The van der Waals surface area contributed by atoms with E-state index in [0.717, 1.165) is 61.7 Å². The first-order valence-corrected chi connectivity index (χ1v) is 17.0. The van der Waals surface area contributed by atoms with Crippen molar-refractivity contribution in [1.82, 2.24) is 5.48 Å². The van der Waals surface area contributed by atoms with Gasteiger partial charge in [-0.15, -0.1) is 17.2 Å². The maximum atomic E-state index is 5.49. The van der Waals surface area contributed by atoms with Gasteiger partial charge in [0.2, 0.25) is 5.90 Å². The largest absolute Gasteiger partial charge is 0.391 e. The van der Waals surface area contributed by atoms with Crippen LogP contribution in [0.1, 0.15) is 112 Å². The van der Waals surface area contributed by atoms with Crippen molar-refractivity contribution in [3.63, 3.8) is 0 Å². The number of hydrogen-bond donors (Lipinski definition) is 2. The van der Waals surface area contributed by atoms with Crippen LogP contribution < -0.4 is 11.2 Å². The molecule has 0 saturated heterocycles. The van der Waals surface area contributed by atoms with Crippen molar-refractivity contribution >= 4 is 29.6 Å². The number of nitrogens with zero attached hydrogens (tertiary/aromatic N) is 3. The second-order valence-corrected chi connectivity index (χ2v) is 10.8. The Bertz CT molecular complexity index is 926. The number of nitrogens with two attached hydrogens (primary N) is 1. The molecule has 0 radical (unpaired) electrons. The van der Waals surface area contributed by atoms with Gasteiger partial charge in [-0.3, -0.25) is 0 Å². The fourth-order valence-corrected chi connectivity index (χ4v) is 5.27. The minimum absolute atomic E-state index is 0.107. The van der Waals surface area contributed by atoms with E-state index in [2.05, 4.69) is 73.2 Å². The molecular formula is C35H63N5OS. The summed E-state index contributed by atoms with van der Waals surface area (Å²) in [5.74, 6) is 1.00. The number of nitrogens with one attached hydrogen (secondary N) is 1. The normalized spacial score (nSPS) is 15.8. The maximum Gasteiger partial charge on any atom is 0.211 e. The molecule has 1 aromatic rings. The zero-order chi connectivity index (χ0) is 32.2. The van der Waals surface area contributed by atoms with E-state index in [1.807, 2.05) is 65.6 Å². The standard InChI is InChI=1S/C29H44N4OS.C2H7N.2C2H6/c1-7-12-26(35-23(5)31-27(13-8-2)22(4)21-30-6)17-11-16-24-14-10-15-25(20-24)18-19-29-32-28(9-3)33-34-29;1-2-3;2*1-2/h8,10,13-15,20-22,26,28,33H,5,7,9,11-12,16-19H2,1-4,6H3;2-3H2,1H3;2*1-2H3/b13-8-,30-21?,31-27+;;;. The third-order valence-electron chi connectivity index (χ3n) is 5.95. The first-order valence-electron chi connectivity index (χ1n) is 16.2. The third-order valence-corrected chi connectivity index (χ3v) is 7.12. The molecule has 3 atom stereocenters. The fourth-order valence-electron chi connectivity index (χ4n) is 4.09. The van der Waals surface area contributed by atoms with E-state index >= 15 is 0 Å². The lowest BCUT2D eigenvalue weighted by molar-refractivity contribution is 0.172. The van der Waals surface area contributed by atoms with E-state index in [1.54, 1.807) is 7.05 Å². The Labute approximate surface area is 263 Å². The van der Waals surface area contributed by atoms with Gasteiger partial charge in [0.05, 0.1) is 5.03 Å². The molecule has 0 saturated carbocycles. The quantitative estimate of drug-likeness (QED) is 0.185. The second kappa shape index (κ2) is 28.9. The number of thioether (sulfide) groups is 1. The number of aryl methyl sites for hydroxylation is 2. The van der Waals surface area contributed by atoms with Crippen molar-refractivity contribution in [2.45, 2.75) is 125 Å². The smallest absolute Gasteiger partial charge is 0.211 e. The zero-order valence-corrected chi connectivity index (χ0v) is 29.4. The number of rotatable bonds is 16. The molecule has 240 valence electrons. The van der Waals surface area contributed by atoms with E-state index in [9.17, 15) is 0 Å². The van der Waals surface area contributed by atoms with Crippen LogP contribution in [0.15, 0.2) is 63.0 Å². The molecule has 1 aliphatic heterocycles. The molecule has 42 heavy (non-hydrogen) atoms. The highest BCUT2D eigenvalue weighted by atomic mass is 32.2.